The fraction of sp³-hybridized carbons (Fsp3) is 0.429. The Hall–Kier alpha value is -3.26. The molecule has 0 saturated heterocycles. The Morgan fingerprint density at radius 1 is 1.14 bits per heavy atom. The molecule has 3 heterocycles. The Bertz CT molecular complexity index is 1290. The summed E-state index contributed by atoms with van der Waals surface area (Å²) in [5, 5.41) is 3.22. The van der Waals surface area contributed by atoms with E-state index in [2.05, 4.69) is 58.0 Å². The number of fused-ring (bicyclic) bond motifs is 2. The van der Waals surface area contributed by atoms with E-state index in [0.29, 0.717) is 24.4 Å². The van der Waals surface area contributed by atoms with Crippen LogP contribution in [0.5, 0.6) is 5.75 Å². The number of ether oxygens (including phenoxy) is 1. The Balaban J connectivity index is 1.48. The van der Waals surface area contributed by atoms with Crippen molar-refractivity contribution in [2.45, 2.75) is 52.6 Å². The Kier molecular flexibility index (Phi) is 6.32. The van der Waals surface area contributed by atoms with Crippen LogP contribution in [0.1, 0.15) is 45.7 Å². The first kappa shape index (κ1) is 24.4. The first-order chi connectivity index (χ1) is 17.2. The summed E-state index contributed by atoms with van der Waals surface area (Å²) in [6, 6.07) is 9.43. The van der Waals surface area contributed by atoms with Gasteiger partial charge in [-0.25, -0.2) is 18.7 Å². The first-order valence-corrected chi connectivity index (χ1v) is 12.5. The van der Waals surface area contributed by atoms with Gasteiger partial charge in [-0.05, 0) is 55.8 Å². The molecule has 0 radical (unpaired) electrons. The molecule has 2 aliphatic heterocycles. The minimum Gasteiger partial charge on any atom is -0.486 e. The molecule has 0 fully saturated rings. The molecule has 6 nitrogen and oxygen atoms in total. The predicted octanol–water partition coefficient (Wildman–Crippen LogP) is 5.89. The van der Waals surface area contributed by atoms with Crippen LogP contribution in [0.15, 0.2) is 36.5 Å². The van der Waals surface area contributed by atoms with E-state index < -0.39 is 11.6 Å². The van der Waals surface area contributed by atoms with E-state index in [-0.39, 0.29) is 28.8 Å². The van der Waals surface area contributed by atoms with Crippen LogP contribution in [-0.4, -0.2) is 47.2 Å². The van der Waals surface area contributed by atoms with Crippen LogP contribution < -0.4 is 15.0 Å². The number of likely N-dealkylation sites (N-methyl/N-ethyl adjacent to an activating group) is 1. The van der Waals surface area contributed by atoms with Crippen molar-refractivity contribution in [3.63, 3.8) is 0 Å². The van der Waals surface area contributed by atoms with Crippen molar-refractivity contribution in [2.75, 3.05) is 36.5 Å². The lowest BCUT2D eigenvalue weighted by molar-refractivity contribution is 0.204. The van der Waals surface area contributed by atoms with E-state index in [0.717, 1.165) is 31.5 Å². The van der Waals surface area contributed by atoms with Crippen molar-refractivity contribution in [3.05, 3.63) is 59.3 Å². The zero-order valence-corrected chi connectivity index (χ0v) is 21.5. The van der Waals surface area contributed by atoms with Crippen LogP contribution in [0, 0.1) is 11.6 Å². The summed E-state index contributed by atoms with van der Waals surface area (Å²) < 4.78 is 35.4. The lowest BCUT2D eigenvalue weighted by Crippen LogP contribution is -2.41. The van der Waals surface area contributed by atoms with Gasteiger partial charge in [0.15, 0.2) is 17.4 Å². The number of anilines is 3. The molecular formula is C28H33F2N5O. The average molecular weight is 494 g/mol. The zero-order valence-electron chi connectivity index (χ0n) is 21.5. The molecular weight excluding hydrogens is 460 g/mol. The highest BCUT2D eigenvalue weighted by molar-refractivity contribution is 5.73. The minimum atomic E-state index is -0.612. The molecule has 36 heavy (non-hydrogen) atoms. The third kappa shape index (κ3) is 4.50. The van der Waals surface area contributed by atoms with Gasteiger partial charge in [0.25, 0.3) is 0 Å². The van der Waals surface area contributed by atoms with E-state index >= 15 is 0 Å². The molecule has 2 aromatic carbocycles. The van der Waals surface area contributed by atoms with Gasteiger partial charge in [0.05, 0.1) is 18.4 Å². The maximum atomic E-state index is 15.0. The van der Waals surface area contributed by atoms with Crippen molar-refractivity contribution >= 4 is 17.3 Å². The number of nitrogens with one attached hydrogen (secondary N) is 1. The van der Waals surface area contributed by atoms with E-state index in [4.69, 9.17) is 4.74 Å². The molecule has 0 saturated carbocycles. The van der Waals surface area contributed by atoms with Gasteiger partial charge in [0, 0.05) is 35.8 Å². The second kappa shape index (κ2) is 9.32. The largest absolute Gasteiger partial charge is 0.486 e. The third-order valence-corrected chi connectivity index (χ3v) is 7.10. The molecule has 0 bridgehead atoms. The number of benzene rings is 2. The number of rotatable bonds is 5. The molecule has 3 aromatic rings. The normalized spacial score (nSPS) is 16.9. The molecule has 0 unspecified atom stereocenters. The van der Waals surface area contributed by atoms with Gasteiger partial charge >= 0.3 is 0 Å². The van der Waals surface area contributed by atoms with Crippen molar-refractivity contribution in [1.82, 2.24) is 14.9 Å². The van der Waals surface area contributed by atoms with E-state index in [1.54, 1.807) is 6.07 Å². The van der Waals surface area contributed by atoms with Crippen molar-refractivity contribution in [2.24, 2.45) is 0 Å². The molecule has 190 valence electrons. The van der Waals surface area contributed by atoms with Gasteiger partial charge in [-0.1, -0.05) is 26.8 Å². The maximum Gasteiger partial charge on any atom is 0.227 e. The molecule has 0 atom stereocenters. The molecule has 0 amide bonds. The van der Waals surface area contributed by atoms with Gasteiger partial charge in [0.1, 0.15) is 12.3 Å². The molecule has 0 aliphatic carbocycles. The molecule has 8 heteroatoms. The summed E-state index contributed by atoms with van der Waals surface area (Å²) in [7, 11) is 0. The number of hydrogen-bond donors (Lipinski definition) is 1. The number of nitrogens with zero attached hydrogens (tertiary/aromatic N) is 4. The lowest BCUT2D eigenvalue weighted by Gasteiger charge is -2.39. The molecule has 1 aromatic heterocycles. The van der Waals surface area contributed by atoms with Crippen molar-refractivity contribution in [3.8, 4) is 17.0 Å². The van der Waals surface area contributed by atoms with E-state index in [9.17, 15) is 8.78 Å². The van der Waals surface area contributed by atoms with Crippen LogP contribution in [0.2, 0.25) is 0 Å². The highest BCUT2D eigenvalue weighted by atomic mass is 19.1. The Labute approximate surface area is 211 Å². The standard InChI is InChI=1S/C28H33F2N5O/c1-6-34-15-19-11-20(7-8-21(19)28(4,5)16-34)32-27-31-14-23(30)25(33-27)18-12-22(29)26-24(13-18)35(17(2)3)9-10-36-26/h7-8,11-14,17H,6,9-10,15-16H2,1-5H3,(H,31,32,33). The second-order valence-corrected chi connectivity index (χ2v) is 10.5. The minimum absolute atomic E-state index is 0.0414. The van der Waals surface area contributed by atoms with Crippen LogP contribution in [-0.2, 0) is 12.0 Å². The topological polar surface area (TPSA) is 53.5 Å². The van der Waals surface area contributed by atoms with Crippen LogP contribution in [0.4, 0.5) is 26.1 Å². The SMILES string of the molecule is CCN1Cc2cc(Nc3ncc(F)c(-c4cc(F)c5c(c4)N(C(C)C)CCO5)n3)ccc2C(C)(C)C1. The Morgan fingerprint density at radius 3 is 2.69 bits per heavy atom. The van der Waals surface area contributed by atoms with Crippen LogP contribution >= 0.6 is 0 Å². The van der Waals surface area contributed by atoms with Crippen LogP contribution in [0.3, 0.4) is 0 Å². The second-order valence-electron chi connectivity index (χ2n) is 10.5. The van der Waals surface area contributed by atoms with Gasteiger partial charge in [-0.3, -0.25) is 4.90 Å². The average Bonchev–Trinajstić information content (AvgIpc) is 2.84. The molecule has 2 aliphatic rings. The predicted molar refractivity (Wildman–Crippen MR) is 139 cm³/mol. The molecule has 1 N–H and O–H groups in total. The summed E-state index contributed by atoms with van der Waals surface area (Å²) >= 11 is 0. The van der Waals surface area contributed by atoms with Gasteiger partial charge in [0.2, 0.25) is 5.95 Å². The number of halogens is 2. The van der Waals surface area contributed by atoms with Gasteiger partial charge < -0.3 is 15.0 Å². The summed E-state index contributed by atoms with van der Waals surface area (Å²) in [6.07, 6.45) is 1.12. The highest BCUT2D eigenvalue weighted by Crippen LogP contribution is 2.40. The fourth-order valence-electron chi connectivity index (χ4n) is 5.36. The quantitative estimate of drug-likeness (QED) is 0.479. The van der Waals surface area contributed by atoms with Crippen LogP contribution in [0.25, 0.3) is 11.3 Å². The molecule has 5 rings (SSSR count). The number of hydrogen-bond acceptors (Lipinski definition) is 6. The molecule has 0 spiro atoms. The summed E-state index contributed by atoms with van der Waals surface area (Å²) in [5.74, 6) is -0.690. The van der Waals surface area contributed by atoms with Crippen molar-refractivity contribution < 1.29 is 13.5 Å². The zero-order chi connectivity index (χ0) is 25.6. The van der Waals surface area contributed by atoms with Crippen molar-refractivity contribution in [1.29, 1.82) is 0 Å². The third-order valence-electron chi connectivity index (χ3n) is 7.10. The monoisotopic (exact) mass is 493 g/mol. The van der Waals surface area contributed by atoms with Gasteiger partial charge in [-0.15, -0.1) is 0 Å². The maximum absolute atomic E-state index is 15.0. The van der Waals surface area contributed by atoms with E-state index in [1.807, 2.05) is 19.9 Å². The van der Waals surface area contributed by atoms with Gasteiger partial charge in [-0.2, -0.15) is 0 Å². The fourth-order valence-corrected chi connectivity index (χ4v) is 5.36. The van der Waals surface area contributed by atoms with E-state index in [1.165, 1.54) is 17.2 Å². The summed E-state index contributed by atoms with van der Waals surface area (Å²) in [6.45, 7) is 14.7. The summed E-state index contributed by atoms with van der Waals surface area (Å²) in [4.78, 5) is 13.1. The lowest BCUT2D eigenvalue weighted by atomic mass is 9.78. The highest BCUT2D eigenvalue weighted by Gasteiger charge is 2.31. The smallest absolute Gasteiger partial charge is 0.227 e. The Morgan fingerprint density at radius 2 is 1.94 bits per heavy atom. The summed E-state index contributed by atoms with van der Waals surface area (Å²) in [5.41, 5.74) is 4.47. The first-order valence-electron chi connectivity index (χ1n) is 12.5. The number of aromatic nitrogens is 2.